The standard InChI is InChI=1S/C21H16N6/c22-11-17-15-6-3-7-16(15)21(26-24-13-14-5-4-10-23-12-14)27-19-9-2-1-8-18(19)25-20(17)27/h1-2,4-5,8-10,12-13,26H,3,6-7H2. The number of benzene rings is 1. The van der Waals surface area contributed by atoms with E-state index in [4.69, 9.17) is 4.98 Å². The molecule has 0 saturated heterocycles. The van der Waals surface area contributed by atoms with Gasteiger partial charge in [0.25, 0.3) is 0 Å². The Morgan fingerprint density at radius 2 is 2.04 bits per heavy atom. The Kier molecular flexibility index (Phi) is 3.58. The molecular weight excluding hydrogens is 336 g/mol. The van der Waals surface area contributed by atoms with Crippen LogP contribution in [0.4, 0.5) is 5.82 Å². The fraction of sp³-hybridized carbons (Fsp3) is 0.143. The molecule has 4 aromatic rings. The maximum absolute atomic E-state index is 9.78. The molecule has 0 spiro atoms. The van der Waals surface area contributed by atoms with Crippen LogP contribution in [0.2, 0.25) is 0 Å². The molecule has 5 rings (SSSR count). The quantitative estimate of drug-likeness (QED) is 0.450. The van der Waals surface area contributed by atoms with Crippen molar-refractivity contribution in [2.24, 2.45) is 5.10 Å². The number of pyridine rings is 2. The van der Waals surface area contributed by atoms with Crippen LogP contribution >= 0.6 is 0 Å². The number of rotatable bonds is 3. The lowest BCUT2D eigenvalue weighted by Crippen LogP contribution is -2.06. The highest BCUT2D eigenvalue weighted by molar-refractivity contribution is 5.87. The van der Waals surface area contributed by atoms with E-state index in [9.17, 15) is 5.26 Å². The third-order valence-corrected chi connectivity index (χ3v) is 4.99. The summed E-state index contributed by atoms with van der Waals surface area (Å²) >= 11 is 0. The number of imidazole rings is 1. The first kappa shape index (κ1) is 15.5. The fourth-order valence-electron chi connectivity index (χ4n) is 3.83. The number of nitrogens with one attached hydrogen (secondary N) is 1. The maximum Gasteiger partial charge on any atom is 0.157 e. The van der Waals surface area contributed by atoms with Gasteiger partial charge in [-0.25, -0.2) is 4.98 Å². The summed E-state index contributed by atoms with van der Waals surface area (Å²) in [4.78, 5) is 8.83. The zero-order valence-corrected chi connectivity index (χ0v) is 14.6. The first-order valence-corrected chi connectivity index (χ1v) is 8.91. The molecule has 1 aliphatic rings. The summed E-state index contributed by atoms with van der Waals surface area (Å²) in [5.74, 6) is 0.894. The lowest BCUT2D eigenvalue weighted by molar-refractivity contribution is 0.909. The van der Waals surface area contributed by atoms with E-state index in [1.165, 1.54) is 0 Å². The van der Waals surface area contributed by atoms with Gasteiger partial charge in [0, 0.05) is 18.0 Å². The molecule has 0 bridgehead atoms. The summed E-state index contributed by atoms with van der Waals surface area (Å²) in [6.07, 6.45) is 8.11. The molecule has 3 aromatic heterocycles. The smallest absolute Gasteiger partial charge is 0.157 e. The molecule has 130 valence electrons. The van der Waals surface area contributed by atoms with Crippen molar-refractivity contribution in [3.63, 3.8) is 0 Å². The van der Waals surface area contributed by atoms with Crippen LogP contribution in [0.1, 0.15) is 28.7 Å². The van der Waals surface area contributed by atoms with Gasteiger partial charge in [-0.3, -0.25) is 14.8 Å². The summed E-state index contributed by atoms with van der Waals surface area (Å²) in [7, 11) is 0. The Hall–Kier alpha value is -3.72. The molecule has 0 unspecified atom stereocenters. The largest absolute Gasteiger partial charge is 0.276 e. The normalized spacial score (nSPS) is 13.3. The van der Waals surface area contributed by atoms with Gasteiger partial charge < -0.3 is 0 Å². The highest BCUT2D eigenvalue weighted by atomic mass is 15.3. The fourth-order valence-corrected chi connectivity index (χ4v) is 3.83. The number of fused-ring (bicyclic) bond motifs is 4. The molecule has 0 aliphatic heterocycles. The average molecular weight is 352 g/mol. The second kappa shape index (κ2) is 6.22. The van der Waals surface area contributed by atoms with Gasteiger partial charge >= 0.3 is 0 Å². The Balaban J connectivity index is 1.73. The summed E-state index contributed by atoms with van der Waals surface area (Å²) < 4.78 is 2.03. The van der Waals surface area contributed by atoms with Crippen molar-refractivity contribution in [3.8, 4) is 6.07 Å². The Morgan fingerprint density at radius 3 is 2.89 bits per heavy atom. The van der Waals surface area contributed by atoms with Crippen molar-refractivity contribution in [2.45, 2.75) is 19.3 Å². The molecule has 0 fully saturated rings. The number of hydrogen-bond donors (Lipinski definition) is 1. The van der Waals surface area contributed by atoms with Gasteiger partial charge in [-0.05, 0) is 48.6 Å². The SMILES string of the molecule is N#Cc1c2c(c(NN=Cc3cccnc3)n3c1nc1ccccc13)CCC2. The summed E-state index contributed by atoms with van der Waals surface area (Å²) in [6.45, 7) is 0. The van der Waals surface area contributed by atoms with E-state index in [1.54, 1.807) is 18.6 Å². The molecule has 6 nitrogen and oxygen atoms in total. The van der Waals surface area contributed by atoms with E-state index < -0.39 is 0 Å². The Labute approximate surface area is 155 Å². The third kappa shape index (κ3) is 2.44. The molecule has 0 atom stereocenters. The van der Waals surface area contributed by atoms with E-state index in [2.05, 4.69) is 21.6 Å². The monoisotopic (exact) mass is 352 g/mol. The second-order valence-corrected chi connectivity index (χ2v) is 6.56. The van der Waals surface area contributed by atoms with Gasteiger partial charge in [0.05, 0.1) is 22.8 Å². The minimum absolute atomic E-state index is 0.681. The van der Waals surface area contributed by atoms with E-state index in [-0.39, 0.29) is 0 Å². The minimum Gasteiger partial charge on any atom is -0.276 e. The predicted octanol–water partition coefficient (Wildman–Crippen LogP) is 3.69. The van der Waals surface area contributed by atoms with Crippen molar-refractivity contribution < 1.29 is 0 Å². The van der Waals surface area contributed by atoms with Crippen LogP contribution in [0.3, 0.4) is 0 Å². The van der Waals surface area contributed by atoms with Crippen LogP contribution in [0.25, 0.3) is 16.7 Å². The number of hydrazone groups is 1. The van der Waals surface area contributed by atoms with Crippen LogP contribution in [-0.2, 0) is 12.8 Å². The zero-order chi connectivity index (χ0) is 18.2. The van der Waals surface area contributed by atoms with Crippen LogP contribution in [0.5, 0.6) is 0 Å². The number of hydrogen-bond acceptors (Lipinski definition) is 5. The first-order valence-electron chi connectivity index (χ1n) is 8.91. The van der Waals surface area contributed by atoms with E-state index >= 15 is 0 Å². The van der Waals surface area contributed by atoms with Crippen LogP contribution < -0.4 is 5.43 Å². The van der Waals surface area contributed by atoms with E-state index in [1.807, 2.05) is 40.8 Å². The molecule has 1 N–H and O–H groups in total. The van der Waals surface area contributed by atoms with Gasteiger partial charge in [0.15, 0.2) is 5.65 Å². The van der Waals surface area contributed by atoms with Crippen molar-refractivity contribution >= 4 is 28.7 Å². The Morgan fingerprint density at radius 1 is 1.15 bits per heavy atom. The molecule has 3 heterocycles. The molecule has 6 heteroatoms. The topological polar surface area (TPSA) is 78.4 Å². The molecule has 0 amide bonds. The van der Waals surface area contributed by atoms with Crippen molar-refractivity contribution in [2.75, 3.05) is 5.43 Å². The number of aromatic nitrogens is 3. The molecule has 0 saturated carbocycles. The lowest BCUT2D eigenvalue weighted by atomic mass is 10.1. The van der Waals surface area contributed by atoms with Gasteiger partial charge in [-0.15, -0.1) is 0 Å². The van der Waals surface area contributed by atoms with E-state index in [0.717, 1.165) is 52.8 Å². The average Bonchev–Trinajstić information content (AvgIpc) is 3.33. The summed E-state index contributed by atoms with van der Waals surface area (Å²) in [5, 5.41) is 14.2. The van der Waals surface area contributed by atoms with Crippen molar-refractivity contribution in [1.29, 1.82) is 5.26 Å². The molecular formula is C21H16N6. The highest BCUT2D eigenvalue weighted by Crippen LogP contribution is 2.36. The highest BCUT2D eigenvalue weighted by Gasteiger charge is 2.25. The van der Waals surface area contributed by atoms with Gasteiger partial charge in [-0.2, -0.15) is 10.4 Å². The maximum atomic E-state index is 9.78. The van der Waals surface area contributed by atoms with Crippen LogP contribution in [0, 0.1) is 11.3 Å². The van der Waals surface area contributed by atoms with Crippen molar-refractivity contribution in [1.82, 2.24) is 14.4 Å². The molecule has 0 radical (unpaired) electrons. The first-order chi connectivity index (χ1) is 13.4. The lowest BCUT2D eigenvalue weighted by Gasteiger charge is -2.13. The summed E-state index contributed by atoms with van der Waals surface area (Å²) in [6, 6.07) is 14.1. The second-order valence-electron chi connectivity index (χ2n) is 6.56. The predicted molar refractivity (Wildman–Crippen MR) is 105 cm³/mol. The van der Waals surface area contributed by atoms with Gasteiger partial charge in [0.1, 0.15) is 11.9 Å². The van der Waals surface area contributed by atoms with E-state index in [0.29, 0.717) is 11.2 Å². The number of anilines is 1. The van der Waals surface area contributed by atoms with Crippen LogP contribution in [-0.4, -0.2) is 20.6 Å². The van der Waals surface area contributed by atoms with Crippen molar-refractivity contribution in [3.05, 3.63) is 71.0 Å². The number of para-hydroxylation sites is 2. The number of nitrogens with zero attached hydrogens (tertiary/aromatic N) is 5. The Bertz CT molecular complexity index is 1230. The van der Waals surface area contributed by atoms with Gasteiger partial charge in [-0.1, -0.05) is 18.2 Å². The molecule has 1 aliphatic carbocycles. The van der Waals surface area contributed by atoms with Crippen LogP contribution in [0.15, 0.2) is 53.9 Å². The molecule has 1 aromatic carbocycles. The summed E-state index contributed by atoms with van der Waals surface area (Å²) in [5.41, 5.74) is 9.61. The van der Waals surface area contributed by atoms with Gasteiger partial charge in [0.2, 0.25) is 0 Å². The third-order valence-electron chi connectivity index (χ3n) is 4.99. The minimum atomic E-state index is 0.681. The molecule has 27 heavy (non-hydrogen) atoms. The zero-order valence-electron chi connectivity index (χ0n) is 14.6. The number of nitriles is 1.